The number of ether oxygens (including phenoxy) is 1. The fourth-order valence-corrected chi connectivity index (χ4v) is 3.98. The van der Waals surface area contributed by atoms with Crippen molar-refractivity contribution >= 4 is 23.0 Å². The molecule has 2 atom stereocenters. The summed E-state index contributed by atoms with van der Waals surface area (Å²) in [6, 6.07) is 17.0. The predicted molar refractivity (Wildman–Crippen MR) is 112 cm³/mol. The molecule has 28 heavy (non-hydrogen) atoms. The van der Waals surface area contributed by atoms with Crippen LogP contribution in [0.15, 0.2) is 67.0 Å². The zero-order valence-electron chi connectivity index (χ0n) is 15.5. The van der Waals surface area contributed by atoms with Gasteiger partial charge in [-0.25, -0.2) is 0 Å². The molecule has 2 aromatic heterocycles. The molecule has 1 aliphatic rings. The van der Waals surface area contributed by atoms with Crippen molar-refractivity contribution in [1.82, 2.24) is 14.9 Å². The molecule has 3 aromatic rings. The Kier molecular flexibility index (Phi) is 5.27. The van der Waals surface area contributed by atoms with E-state index in [4.69, 9.17) is 17.0 Å². The molecular weight excluding hydrogens is 372 g/mol. The van der Waals surface area contributed by atoms with Gasteiger partial charge in [-0.3, -0.25) is 4.98 Å². The summed E-state index contributed by atoms with van der Waals surface area (Å²) in [4.78, 5) is 6.66. The van der Waals surface area contributed by atoms with Crippen molar-refractivity contribution in [2.75, 3.05) is 18.6 Å². The first-order valence-electron chi connectivity index (χ1n) is 9.12. The van der Waals surface area contributed by atoms with E-state index in [9.17, 15) is 5.11 Å². The van der Waals surface area contributed by atoms with Crippen molar-refractivity contribution in [3.63, 3.8) is 0 Å². The van der Waals surface area contributed by atoms with Crippen LogP contribution in [0.1, 0.15) is 23.5 Å². The van der Waals surface area contributed by atoms with E-state index in [-0.39, 0.29) is 17.8 Å². The minimum Gasteiger partial charge on any atom is -0.508 e. The number of pyridine rings is 1. The minimum atomic E-state index is -0.0984. The van der Waals surface area contributed by atoms with Gasteiger partial charge in [0.15, 0.2) is 5.11 Å². The first kappa shape index (κ1) is 18.5. The fourth-order valence-electron chi connectivity index (χ4n) is 3.64. The van der Waals surface area contributed by atoms with Crippen molar-refractivity contribution in [2.45, 2.75) is 18.6 Å². The number of hydrogen-bond acceptors (Lipinski definition) is 4. The molecule has 0 spiro atoms. The molecule has 144 valence electrons. The highest BCUT2D eigenvalue weighted by Crippen LogP contribution is 2.41. The summed E-state index contributed by atoms with van der Waals surface area (Å²) in [6.07, 6.45) is 3.85. The summed E-state index contributed by atoms with van der Waals surface area (Å²) in [5.74, 6) is 0.225. The molecular formula is C21H22N4O2S. The molecule has 1 aromatic carbocycles. The highest BCUT2D eigenvalue weighted by Gasteiger charge is 2.41. The van der Waals surface area contributed by atoms with Gasteiger partial charge >= 0.3 is 0 Å². The molecule has 0 unspecified atom stereocenters. The fraction of sp³-hybridized carbons (Fsp3) is 0.238. The molecule has 6 nitrogen and oxygen atoms in total. The highest BCUT2D eigenvalue weighted by atomic mass is 32.1. The third-order valence-electron chi connectivity index (χ3n) is 4.93. The largest absolute Gasteiger partial charge is 0.508 e. The van der Waals surface area contributed by atoms with Crippen molar-refractivity contribution in [1.29, 1.82) is 0 Å². The van der Waals surface area contributed by atoms with Gasteiger partial charge in [0, 0.05) is 37.4 Å². The van der Waals surface area contributed by atoms with Crippen LogP contribution in [0.4, 0.5) is 5.69 Å². The molecule has 3 heterocycles. The summed E-state index contributed by atoms with van der Waals surface area (Å²) in [7, 11) is 1.70. The summed E-state index contributed by atoms with van der Waals surface area (Å²) < 4.78 is 7.46. The standard InChI is InChI=1S/C21H22N4O2S/c1-27-14-13-24-12-4-6-18(24)20-19(17-5-2-3-11-22-17)23-21(28)25(20)15-7-9-16(26)10-8-15/h2-12,19-20,26H,13-14H2,1H3,(H,23,28)/t19-,20-/m1/s1. The number of phenols is 1. The molecule has 0 radical (unpaired) electrons. The first-order chi connectivity index (χ1) is 13.7. The quantitative estimate of drug-likeness (QED) is 0.625. The number of anilines is 1. The molecule has 2 N–H and O–H groups in total. The molecule has 0 amide bonds. The molecule has 0 bridgehead atoms. The molecule has 1 fully saturated rings. The number of benzene rings is 1. The van der Waals surface area contributed by atoms with Crippen LogP contribution in [0.5, 0.6) is 5.75 Å². The van der Waals surface area contributed by atoms with Crippen molar-refractivity contribution < 1.29 is 9.84 Å². The number of aromatic hydroxyl groups is 1. The first-order valence-corrected chi connectivity index (χ1v) is 9.53. The van der Waals surface area contributed by atoms with E-state index in [1.165, 1.54) is 0 Å². The lowest BCUT2D eigenvalue weighted by Gasteiger charge is -2.29. The topological polar surface area (TPSA) is 62.5 Å². The monoisotopic (exact) mass is 394 g/mol. The molecule has 4 rings (SSSR count). The third-order valence-corrected chi connectivity index (χ3v) is 5.24. The third kappa shape index (κ3) is 3.46. The predicted octanol–water partition coefficient (Wildman–Crippen LogP) is 3.41. The highest BCUT2D eigenvalue weighted by molar-refractivity contribution is 7.80. The van der Waals surface area contributed by atoms with Gasteiger partial charge in [0.2, 0.25) is 0 Å². The van der Waals surface area contributed by atoms with Crippen LogP contribution in [-0.4, -0.2) is 33.5 Å². The van der Waals surface area contributed by atoms with E-state index >= 15 is 0 Å². The average Bonchev–Trinajstić information content (AvgIpc) is 3.31. The summed E-state index contributed by atoms with van der Waals surface area (Å²) in [6.45, 7) is 1.38. The minimum absolute atomic E-state index is 0.0844. The lowest BCUT2D eigenvalue weighted by molar-refractivity contribution is 0.186. The molecule has 0 saturated carbocycles. The molecule has 1 saturated heterocycles. The molecule has 1 aliphatic heterocycles. The number of methoxy groups -OCH3 is 1. The van der Waals surface area contributed by atoms with Gasteiger partial charge in [0.05, 0.1) is 18.3 Å². The normalized spacial score (nSPS) is 19.0. The lowest BCUT2D eigenvalue weighted by atomic mass is 10.0. The molecule has 0 aliphatic carbocycles. The Balaban J connectivity index is 1.80. The van der Waals surface area contributed by atoms with Crippen molar-refractivity contribution in [3.8, 4) is 5.75 Å². The van der Waals surface area contributed by atoms with Crippen molar-refractivity contribution in [3.05, 3.63) is 78.4 Å². The SMILES string of the molecule is COCCn1cccc1[C@@H]1[C@@H](c2ccccn2)NC(=S)N1c1ccc(O)cc1. The number of nitrogens with one attached hydrogen (secondary N) is 1. The van der Waals surface area contributed by atoms with E-state index in [0.717, 1.165) is 23.6 Å². The zero-order valence-corrected chi connectivity index (χ0v) is 16.3. The van der Waals surface area contributed by atoms with E-state index in [0.29, 0.717) is 11.7 Å². The number of phenolic OH excluding ortho intramolecular Hbond substituents is 1. The van der Waals surface area contributed by atoms with Crippen LogP contribution in [0, 0.1) is 0 Å². The van der Waals surface area contributed by atoms with Gasteiger partial charge in [-0.15, -0.1) is 0 Å². The Bertz CT molecular complexity index is 943. The van der Waals surface area contributed by atoms with Gasteiger partial charge in [0.1, 0.15) is 11.8 Å². The second kappa shape index (κ2) is 8.00. The van der Waals surface area contributed by atoms with Crippen molar-refractivity contribution in [2.24, 2.45) is 0 Å². The number of thiocarbonyl (C=S) groups is 1. The van der Waals surface area contributed by atoms with Crippen LogP contribution in [0.3, 0.4) is 0 Å². The Morgan fingerprint density at radius 3 is 2.68 bits per heavy atom. The molecule has 7 heteroatoms. The number of rotatable bonds is 6. The Morgan fingerprint density at radius 2 is 1.96 bits per heavy atom. The van der Waals surface area contributed by atoms with Gasteiger partial charge in [0.25, 0.3) is 0 Å². The average molecular weight is 395 g/mol. The summed E-state index contributed by atoms with van der Waals surface area (Å²) >= 11 is 5.70. The van der Waals surface area contributed by atoms with E-state index in [1.54, 1.807) is 25.4 Å². The maximum Gasteiger partial charge on any atom is 0.174 e. The second-order valence-electron chi connectivity index (χ2n) is 6.63. The van der Waals surface area contributed by atoms with Gasteiger partial charge < -0.3 is 24.6 Å². The van der Waals surface area contributed by atoms with E-state index < -0.39 is 0 Å². The maximum absolute atomic E-state index is 9.69. The smallest absolute Gasteiger partial charge is 0.174 e. The number of nitrogens with zero attached hydrogens (tertiary/aromatic N) is 3. The van der Waals surface area contributed by atoms with Crippen LogP contribution in [0.2, 0.25) is 0 Å². The summed E-state index contributed by atoms with van der Waals surface area (Å²) in [5, 5.41) is 13.8. The maximum atomic E-state index is 9.69. The Hall–Kier alpha value is -2.90. The number of hydrogen-bond donors (Lipinski definition) is 2. The van der Waals surface area contributed by atoms with Crippen LogP contribution in [-0.2, 0) is 11.3 Å². The van der Waals surface area contributed by atoms with E-state index in [1.807, 2.05) is 36.4 Å². The number of aromatic nitrogens is 2. The lowest BCUT2D eigenvalue weighted by Crippen LogP contribution is -2.30. The zero-order chi connectivity index (χ0) is 19.5. The second-order valence-corrected chi connectivity index (χ2v) is 7.02. The Morgan fingerprint density at radius 1 is 1.14 bits per heavy atom. The van der Waals surface area contributed by atoms with Crippen LogP contribution >= 0.6 is 12.2 Å². The summed E-state index contributed by atoms with van der Waals surface area (Å²) in [5.41, 5.74) is 2.96. The van der Waals surface area contributed by atoms with Gasteiger partial charge in [-0.1, -0.05) is 6.07 Å². The van der Waals surface area contributed by atoms with Gasteiger partial charge in [-0.05, 0) is 60.7 Å². The van der Waals surface area contributed by atoms with Crippen LogP contribution < -0.4 is 10.2 Å². The van der Waals surface area contributed by atoms with Crippen LogP contribution in [0.25, 0.3) is 0 Å². The Labute approximate surface area is 169 Å². The van der Waals surface area contributed by atoms with E-state index in [2.05, 4.69) is 32.0 Å². The van der Waals surface area contributed by atoms with Gasteiger partial charge in [-0.2, -0.15) is 0 Å².